The summed E-state index contributed by atoms with van der Waals surface area (Å²) in [4.78, 5) is 12.1. The Morgan fingerprint density at radius 3 is 2.59 bits per heavy atom. The van der Waals surface area contributed by atoms with Gasteiger partial charge in [0.25, 0.3) is 0 Å². The van der Waals surface area contributed by atoms with Crippen molar-refractivity contribution in [3.8, 4) is 0 Å². The highest BCUT2D eigenvalue weighted by molar-refractivity contribution is 5.67. The lowest BCUT2D eigenvalue weighted by Gasteiger charge is -2.17. The lowest BCUT2D eigenvalue weighted by molar-refractivity contribution is -0.162. The third-order valence-corrected chi connectivity index (χ3v) is 2.29. The maximum atomic E-state index is 11.8. The van der Waals surface area contributed by atoms with E-state index in [1.807, 2.05) is 0 Å². The van der Waals surface area contributed by atoms with Gasteiger partial charge in [0.1, 0.15) is 0 Å². The fourth-order valence-corrected chi connectivity index (χ4v) is 1.08. The standard InChI is InChI=1S/C10H16F3NO3/c1-14(4-5-16-6-8-2-3-8)9(15)17-7-10(11,12)13/h8H,2-7H2,1H3. The first-order valence-corrected chi connectivity index (χ1v) is 5.41. The maximum Gasteiger partial charge on any atom is 0.422 e. The van der Waals surface area contributed by atoms with Crippen LogP contribution in [0.2, 0.25) is 0 Å². The molecule has 100 valence electrons. The minimum absolute atomic E-state index is 0.226. The van der Waals surface area contributed by atoms with Crippen molar-refractivity contribution >= 4 is 6.09 Å². The molecule has 0 aromatic rings. The molecule has 0 saturated heterocycles. The van der Waals surface area contributed by atoms with E-state index in [1.165, 1.54) is 19.9 Å². The fraction of sp³-hybridized carbons (Fsp3) is 0.900. The average molecular weight is 255 g/mol. The van der Waals surface area contributed by atoms with Crippen LogP contribution in [0.1, 0.15) is 12.8 Å². The van der Waals surface area contributed by atoms with Crippen molar-refractivity contribution in [1.82, 2.24) is 4.90 Å². The lowest BCUT2D eigenvalue weighted by Crippen LogP contribution is -2.33. The lowest BCUT2D eigenvalue weighted by atomic mass is 10.5. The van der Waals surface area contributed by atoms with Crippen molar-refractivity contribution in [2.75, 3.05) is 33.4 Å². The first-order chi connectivity index (χ1) is 7.88. The number of carbonyl (C=O) groups excluding carboxylic acids is 1. The Labute approximate surface area is 97.7 Å². The number of ether oxygens (including phenoxy) is 2. The Morgan fingerprint density at radius 2 is 2.06 bits per heavy atom. The number of rotatable bonds is 6. The second-order valence-corrected chi connectivity index (χ2v) is 4.11. The molecule has 0 bridgehead atoms. The van der Waals surface area contributed by atoms with E-state index in [-0.39, 0.29) is 6.54 Å². The van der Waals surface area contributed by atoms with Gasteiger partial charge in [0.05, 0.1) is 6.61 Å². The van der Waals surface area contributed by atoms with Crippen molar-refractivity contribution in [2.24, 2.45) is 5.92 Å². The van der Waals surface area contributed by atoms with E-state index < -0.39 is 18.9 Å². The summed E-state index contributed by atoms with van der Waals surface area (Å²) in [7, 11) is 1.37. The highest BCUT2D eigenvalue weighted by atomic mass is 19.4. The van der Waals surface area contributed by atoms with Crippen LogP contribution in [-0.4, -0.2) is 50.6 Å². The van der Waals surface area contributed by atoms with Gasteiger partial charge < -0.3 is 14.4 Å². The first-order valence-electron chi connectivity index (χ1n) is 5.41. The third-order valence-electron chi connectivity index (χ3n) is 2.29. The van der Waals surface area contributed by atoms with Crippen LogP contribution in [0.15, 0.2) is 0 Å². The summed E-state index contributed by atoms with van der Waals surface area (Å²) in [5.41, 5.74) is 0. The molecule has 0 spiro atoms. The SMILES string of the molecule is CN(CCOCC1CC1)C(=O)OCC(F)(F)F. The fourth-order valence-electron chi connectivity index (χ4n) is 1.08. The molecule has 1 amide bonds. The van der Waals surface area contributed by atoms with Crippen LogP contribution in [-0.2, 0) is 9.47 Å². The van der Waals surface area contributed by atoms with Gasteiger partial charge in [-0.1, -0.05) is 0 Å². The number of amides is 1. The summed E-state index contributed by atoms with van der Waals surface area (Å²) in [6.45, 7) is -0.359. The molecule has 4 nitrogen and oxygen atoms in total. The number of nitrogens with zero attached hydrogens (tertiary/aromatic N) is 1. The summed E-state index contributed by atoms with van der Waals surface area (Å²) < 4.78 is 44.6. The Morgan fingerprint density at radius 1 is 1.41 bits per heavy atom. The number of hydrogen-bond donors (Lipinski definition) is 0. The molecule has 0 radical (unpaired) electrons. The summed E-state index contributed by atoms with van der Waals surface area (Å²) in [5.74, 6) is 0.623. The van der Waals surface area contributed by atoms with Gasteiger partial charge in [-0.2, -0.15) is 13.2 Å². The van der Waals surface area contributed by atoms with Gasteiger partial charge >= 0.3 is 12.3 Å². The molecule has 0 unspecified atom stereocenters. The smallest absolute Gasteiger partial charge is 0.422 e. The zero-order valence-corrected chi connectivity index (χ0v) is 9.63. The Kier molecular flexibility index (Phi) is 5.04. The van der Waals surface area contributed by atoms with Crippen molar-refractivity contribution in [2.45, 2.75) is 19.0 Å². The highest BCUT2D eigenvalue weighted by Crippen LogP contribution is 2.28. The molecule has 1 aliphatic rings. The van der Waals surface area contributed by atoms with E-state index in [2.05, 4.69) is 4.74 Å². The van der Waals surface area contributed by atoms with Gasteiger partial charge in [-0.15, -0.1) is 0 Å². The van der Waals surface area contributed by atoms with Gasteiger partial charge in [0.2, 0.25) is 0 Å². The van der Waals surface area contributed by atoms with Crippen LogP contribution in [0.25, 0.3) is 0 Å². The molecule has 1 saturated carbocycles. The molecule has 0 aromatic heterocycles. The summed E-state index contributed by atoms with van der Waals surface area (Å²) in [6.07, 6.45) is -3.14. The van der Waals surface area contributed by atoms with Gasteiger partial charge in [0.15, 0.2) is 6.61 Å². The molecule has 0 heterocycles. The predicted molar refractivity (Wildman–Crippen MR) is 53.6 cm³/mol. The van der Waals surface area contributed by atoms with Crippen molar-refractivity contribution < 1.29 is 27.4 Å². The zero-order valence-electron chi connectivity index (χ0n) is 9.63. The number of hydrogen-bond acceptors (Lipinski definition) is 3. The van der Waals surface area contributed by atoms with E-state index in [9.17, 15) is 18.0 Å². The summed E-state index contributed by atoms with van der Waals surface area (Å²) >= 11 is 0. The quantitative estimate of drug-likeness (QED) is 0.682. The number of halogens is 3. The third kappa shape index (κ3) is 7.04. The number of carbonyl (C=O) groups is 1. The van der Waals surface area contributed by atoms with Crippen LogP contribution in [0, 0.1) is 5.92 Å². The van der Waals surface area contributed by atoms with Gasteiger partial charge in [-0.05, 0) is 18.8 Å². The van der Waals surface area contributed by atoms with E-state index in [4.69, 9.17) is 4.74 Å². The summed E-state index contributed by atoms with van der Waals surface area (Å²) in [6, 6.07) is 0. The van der Waals surface area contributed by atoms with E-state index in [0.717, 1.165) is 4.90 Å². The number of likely N-dealkylation sites (N-methyl/N-ethyl adjacent to an activating group) is 1. The molecule has 17 heavy (non-hydrogen) atoms. The van der Waals surface area contributed by atoms with Gasteiger partial charge in [-0.3, -0.25) is 0 Å². The molecule has 7 heteroatoms. The Balaban J connectivity index is 2.04. The van der Waals surface area contributed by atoms with Crippen LogP contribution in [0.5, 0.6) is 0 Å². The molecular formula is C10H16F3NO3. The molecule has 1 fully saturated rings. The Hall–Kier alpha value is -0.980. The number of alkyl halides is 3. The first kappa shape index (κ1) is 14.1. The van der Waals surface area contributed by atoms with Crippen molar-refractivity contribution in [3.63, 3.8) is 0 Å². The largest absolute Gasteiger partial charge is 0.440 e. The highest BCUT2D eigenvalue weighted by Gasteiger charge is 2.30. The van der Waals surface area contributed by atoms with Crippen LogP contribution >= 0.6 is 0 Å². The Bertz CT molecular complexity index is 254. The van der Waals surface area contributed by atoms with E-state index in [0.29, 0.717) is 19.1 Å². The summed E-state index contributed by atoms with van der Waals surface area (Å²) in [5, 5.41) is 0. The topological polar surface area (TPSA) is 38.8 Å². The minimum Gasteiger partial charge on any atom is -0.440 e. The zero-order chi connectivity index (χ0) is 12.9. The second kappa shape index (κ2) is 6.09. The van der Waals surface area contributed by atoms with Gasteiger partial charge in [-0.25, -0.2) is 4.79 Å². The molecule has 0 aromatic carbocycles. The molecular weight excluding hydrogens is 239 g/mol. The molecule has 0 N–H and O–H groups in total. The van der Waals surface area contributed by atoms with Crippen molar-refractivity contribution in [3.05, 3.63) is 0 Å². The van der Waals surface area contributed by atoms with E-state index >= 15 is 0 Å². The van der Waals surface area contributed by atoms with Crippen LogP contribution in [0.4, 0.5) is 18.0 Å². The molecule has 0 atom stereocenters. The monoisotopic (exact) mass is 255 g/mol. The molecule has 0 aliphatic heterocycles. The molecule has 1 aliphatic carbocycles. The maximum absolute atomic E-state index is 11.8. The van der Waals surface area contributed by atoms with Crippen molar-refractivity contribution in [1.29, 1.82) is 0 Å². The van der Waals surface area contributed by atoms with Gasteiger partial charge in [0, 0.05) is 20.2 Å². The van der Waals surface area contributed by atoms with E-state index in [1.54, 1.807) is 0 Å². The minimum atomic E-state index is -4.49. The van der Waals surface area contributed by atoms with Crippen LogP contribution in [0.3, 0.4) is 0 Å². The average Bonchev–Trinajstić information content (AvgIpc) is 3.03. The predicted octanol–water partition coefficient (Wildman–Crippen LogP) is 2.04. The molecule has 1 rings (SSSR count). The van der Waals surface area contributed by atoms with Crippen LogP contribution < -0.4 is 0 Å². The normalized spacial score (nSPS) is 15.8. The second-order valence-electron chi connectivity index (χ2n) is 4.11.